The number of nitrogens with zero attached hydrogens (tertiary/aromatic N) is 1. The number of likely N-dealkylation sites (tertiary alicyclic amines) is 1. The van der Waals surface area contributed by atoms with Gasteiger partial charge in [0.2, 0.25) is 0 Å². The molecule has 0 unspecified atom stereocenters. The van der Waals surface area contributed by atoms with Gasteiger partial charge in [0.25, 0.3) is 0 Å². The molecule has 146 valence electrons. The summed E-state index contributed by atoms with van der Waals surface area (Å²) in [6, 6.07) is 8.58. The van der Waals surface area contributed by atoms with Crippen LogP contribution >= 0.6 is 0 Å². The maximum Gasteiger partial charge on any atom is 0.407 e. The van der Waals surface area contributed by atoms with Crippen molar-refractivity contribution in [3.8, 4) is 5.75 Å². The normalized spacial score (nSPS) is 16.2. The molecule has 2 rings (SSSR count). The number of piperidine rings is 1. The summed E-state index contributed by atoms with van der Waals surface area (Å²) in [5.74, 6) is 0.880. The van der Waals surface area contributed by atoms with Gasteiger partial charge in [-0.25, -0.2) is 4.79 Å². The lowest BCUT2D eigenvalue weighted by molar-refractivity contribution is 0.0525. The molecule has 1 aromatic carbocycles. The third-order valence-corrected chi connectivity index (χ3v) is 4.35. The minimum Gasteiger partial charge on any atom is -0.497 e. The largest absolute Gasteiger partial charge is 0.497 e. The lowest BCUT2D eigenvalue weighted by Gasteiger charge is -2.33. The van der Waals surface area contributed by atoms with Crippen molar-refractivity contribution in [2.24, 2.45) is 0 Å². The highest BCUT2D eigenvalue weighted by atomic mass is 16.6. The lowest BCUT2D eigenvalue weighted by Crippen LogP contribution is -2.40. The standard InChI is InChI=1S/C20H33N3O3/c1-20(2,3)26-19(24)21-11-6-12-23-13-9-16(10-14-23)22-17-7-5-8-18(15-17)25-4/h5,7-8,15-16,22H,6,9-14H2,1-4H3,(H,21,24). The molecule has 1 amide bonds. The molecule has 6 heteroatoms. The molecule has 6 nitrogen and oxygen atoms in total. The number of ether oxygens (including phenoxy) is 2. The van der Waals surface area contributed by atoms with Crippen LogP contribution in [0.2, 0.25) is 0 Å². The summed E-state index contributed by atoms with van der Waals surface area (Å²) in [7, 11) is 1.69. The molecule has 1 heterocycles. The monoisotopic (exact) mass is 363 g/mol. The number of carbonyl (C=O) groups excluding carboxylic acids is 1. The zero-order chi connectivity index (χ0) is 19.0. The Morgan fingerprint density at radius 1 is 1.27 bits per heavy atom. The number of alkyl carbamates (subject to hydrolysis) is 1. The van der Waals surface area contributed by atoms with Gasteiger partial charge in [0.05, 0.1) is 7.11 Å². The first-order valence-electron chi connectivity index (χ1n) is 9.45. The smallest absolute Gasteiger partial charge is 0.407 e. The molecule has 1 aliphatic heterocycles. The third kappa shape index (κ3) is 7.52. The highest BCUT2D eigenvalue weighted by Crippen LogP contribution is 2.20. The Morgan fingerprint density at radius 2 is 2.00 bits per heavy atom. The van der Waals surface area contributed by atoms with Crippen molar-refractivity contribution in [2.75, 3.05) is 38.6 Å². The highest BCUT2D eigenvalue weighted by molar-refractivity contribution is 5.67. The topological polar surface area (TPSA) is 62.8 Å². The maximum absolute atomic E-state index is 11.6. The summed E-state index contributed by atoms with van der Waals surface area (Å²) in [5, 5.41) is 6.42. The van der Waals surface area contributed by atoms with Crippen LogP contribution in [0.1, 0.15) is 40.0 Å². The molecule has 0 saturated carbocycles. The van der Waals surface area contributed by atoms with E-state index in [0.717, 1.165) is 50.3 Å². The molecule has 0 aromatic heterocycles. The Hall–Kier alpha value is -1.95. The Balaban J connectivity index is 1.60. The summed E-state index contributed by atoms with van der Waals surface area (Å²) in [4.78, 5) is 14.1. The van der Waals surface area contributed by atoms with E-state index in [2.05, 4.69) is 21.6 Å². The predicted molar refractivity (Wildman–Crippen MR) is 105 cm³/mol. The zero-order valence-corrected chi connectivity index (χ0v) is 16.5. The molecule has 26 heavy (non-hydrogen) atoms. The summed E-state index contributed by atoms with van der Waals surface area (Å²) < 4.78 is 10.5. The number of anilines is 1. The first kappa shape index (κ1) is 20.4. The van der Waals surface area contributed by atoms with Crippen molar-refractivity contribution in [3.63, 3.8) is 0 Å². The van der Waals surface area contributed by atoms with Crippen LogP contribution in [0.4, 0.5) is 10.5 Å². The fraction of sp³-hybridized carbons (Fsp3) is 0.650. The molecule has 1 aliphatic rings. The van der Waals surface area contributed by atoms with Gasteiger partial charge in [-0.2, -0.15) is 0 Å². The molecular weight excluding hydrogens is 330 g/mol. The molecule has 0 atom stereocenters. The van der Waals surface area contributed by atoms with Crippen LogP contribution in [-0.4, -0.2) is 55.9 Å². The van der Waals surface area contributed by atoms with Gasteiger partial charge >= 0.3 is 6.09 Å². The van der Waals surface area contributed by atoms with Crippen LogP contribution in [0.25, 0.3) is 0 Å². The van der Waals surface area contributed by atoms with E-state index in [1.54, 1.807) is 7.11 Å². The molecule has 0 bridgehead atoms. The van der Waals surface area contributed by atoms with Crippen LogP contribution in [0.5, 0.6) is 5.75 Å². The lowest BCUT2D eigenvalue weighted by atomic mass is 10.0. The Labute approximate surface area is 157 Å². The molecule has 0 spiro atoms. The van der Waals surface area contributed by atoms with Gasteiger partial charge in [0, 0.05) is 37.4 Å². The second-order valence-electron chi connectivity index (χ2n) is 7.77. The van der Waals surface area contributed by atoms with Crippen LogP contribution in [0.3, 0.4) is 0 Å². The van der Waals surface area contributed by atoms with Crippen LogP contribution in [0.15, 0.2) is 24.3 Å². The number of nitrogens with one attached hydrogen (secondary N) is 2. The summed E-state index contributed by atoms with van der Waals surface area (Å²) >= 11 is 0. The minimum atomic E-state index is -0.443. The second kappa shape index (κ2) is 9.67. The van der Waals surface area contributed by atoms with Crippen molar-refractivity contribution in [1.82, 2.24) is 10.2 Å². The number of hydrogen-bond acceptors (Lipinski definition) is 5. The summed E-state index contributed by atoms with van der Waals surface area (Å²) in [6.07, 6.45) is 2.85. The van der Waals surface area contributed by atoms with Gasteiger partial charge in [-0.05, 0) is 58.7 Å². The van der Waals surface area contributed by atoms with Crippen molar-refractivity contribution >= 4 is 11.8 Å². The molecule has 1 fully saturated rings. The van der Waals surface area contributed by atoms with E-state index >= 15 is 0 Å². The van der Waals surface area contributed by atoms with E-state index < -0.39 is 5.60 Å². The average Bonchev–Trinajstić information content (AvgIpc) is 2.59. The highest BCUT2D eigenvalue weighted by Gasteiger charge is 2.19. The van der Waals surface area contributed by atoms with E-state index in [-0.39, 0.29) is 6.09 Å². The number of carbonyl (C=O) groups is 1. The first-order chi connectivity index (χ1) is 12.4. The van der Waals surface area contributed by atoms with Crippen molar-refractivity contribution in [3.05, 3.63) is 24.3 Å². The Bertz CT molecular complexity index is 564. The summed E-state index contributed by atoms with van der Waals surface area (Å²) in [5.41, 5.74) is 0.672. The maximum atomic E-state index is 11.6. The molecule has 1 saturated heterocycles. The minimum absolute atomic E-state index is 0.335. The Morgan fingerprint density at radius 3 is 2.65 bits per heavy atom. The van der Waals surface area contributed by atoms with Gasteiger partial charge in [-0.15, -0.1) is 0 Å². The van der Waals surface area contributed by atoms with Gasteiger partial charge in [-0.3, -0.25) is 0 Å². The van der Waals surface area contributed by atoms with E-state index in [0.29, 0.717) is 12.6 Å². The van der Waals surface area contributed by atoms with Gasteiger partial charge in [0.15, 0.2) is 0 Å². The fourth-order valence-corrected chi connectivity index (χ4v) is 3.06. The van der Waals surface area contributed by atoms with E-state index in [9.17, 15) is 4.79 Å². The second-order valence-corrected chi connectivity index (χ2v) is 7.77. The van der Waals surface area contributed by atoms with Crippen LogP contribution in [0, 0.1) is 0 Å². The van der Waals surface area contributed by atoms with Gasteiger partial charge in [-0.1, -0.05) is 6.07 Å². The molecule has 2 N–H and O–H groups in total. The van der Waals surface area contributed by atoms with Crippen molar-refractivity contribution < 1.29 is 14.3 Å². The first-order valence-corrected chi connectivity index (χ1v) is 9.45. The Kier molecular flexibility index (Phi) is 7.57. The van der Waals surface area contributed by atoms with E-state index in [4.69, 9.17) is 9.47 Å². The number of amides is 1. The summed E-state index contributed by atoms with van der Waals surface area (Å²) in [6.45, 7) is 9.42. The SMILES string of the molecule is COc1cccc(NC2CCN(CCCNC(=O)OC(C)(C)C)CC2)c1. The van der Waals surface area contributed by atoms with Gasteiger partial charge in [0.1, 0.15) is 11.4 Å². The fourth-order valence-electron chi connectivity index (χ4n) is 3.06. The quantitative estimate of drug-likeness (QED) is 0.726. The average molecular weight is 364 g/mol. The molecule has 0 aliphatic carbocycles. The molecule has 1 aromatic rings. The van der Waals surface area contributed by atoms with Gasteiger partial charge < -0.3 is 25.0 Å². The number of methoxy groups -OCH3 is 1. The number of rotatable bonds is 7. The predicted octanol–water partition coefficient (Wildman–Crippen LogP) is 3.49. The van der Waals surface area contributed by atoms with Crippen molar-refractivity contribution in [2.45, 2.75) is 51.7 Å². The van der Waals surface area contributed by atoms with E-state index in [1.165, 1.54) is 0 Å². The van der Waals surface area contributed by atoms with E-state index in [1.807, 2.05) is 39.0 Å². The molecule has 0 radical (unpaired) electrons. The van der Waals surface area contributed by atoms with Crippen LogP contribution < -0.4 is 15.4 Å². The van der Waals surface area contributed by atoms with Crippen molar-refractivity contribution in [1.29, 1.82) is 0 Å². The van der Waals surface area contributed by atoms with Crippen LogP contribution in [-0.2, 0) is 4.74 Å². The third-order valence-electron chi connectivity index (χ3n) is 4.35. The molecular formula is C20H33N3O3. The zero-order valence-electron chi connectivity index (χ0n) is 16.5. The number of benzene rings is 1. The number of hydrogen-bond donors (Lipinski definition) is 2.